The molecule has 1 aromatic carbocycles. The summed E-state index contributed by atoms with van der Waals surface area (Å²) >= 11 is 5.54. The van der Waals surface area contributed by atoms with Gasteiger partial charge in [0.25, 0.3) is 0 Å². The number of nitrogens with zero attached hydrogens (tertiary/aromatic N) is 2. The highest BCUT2D eigenvalue weighted by atomic mass is 35.5. The van der Waals surface area contributed by atoms with Crippen LogP contribution in [0.1, 0.15) is 0 Å². The van der Waals surface area contributed by atoms with Crippen LogP contribution in [-0.2, 0) is 0 Å². The Balaban J connectivity index is 1.88. The van der Waals surface area contributed by atoms with Gasteiger partial charge in [0.15, 0.2) is 23.1 Å². The van der Waals surface area contributed by atoms with Gasteiger partial charge >= 0.3 is 6.29 Å². The highest BCUT2D eigenvalue weighted by Crippen LogP contribution is 2.42. The molecule has 0 unspecified atom stereocenters. The fourth-order valence-electron chi connectivity index (χ4n) is 1.60. The van der Waals surface area contributed by atoms with Gasteiger partial charge in [-0.1, -0.05) is 0 Å². The van der Waals surface area contributed by atoms with E-state index in [4.69, 9.17) is 11.6 Å². The van der Waals surface area contributed by atoms with E-state index in [1.807, 2.05) is 0 Å². The Morgan fingerprint density at radius 3 is 2.75 bits per heavy atom. The average Bonchev–Trinajstić information content (AvgIpc) is 2.67. The van der Waals surface area contributed by atoms with E-state index >= 15 is 0 Å². The van der Waals surface area contributed by atoms with Crippen LogP contribution >= 0.6 is 11.6 Å². The van der Waals surface area contributed by atoms with Crippen molar-refractivity contribution < 1.29 is 22.6 Å². The lowest BCUT2D eigenvalue weighted by Crippen LogP contribution is -2.25. The minimum Gasteiger partial charge on any atom is -0.395 e. The molecular weight excluding hydrogens is 299 g/mol. The third-order valence-corrected chi connectivity index (χ3v) is 2.56. The van der Waals surface area contributed by atoms with Crippen molar-refractivity contribution in [2.45, 2.75) is 6.29 Å². The van der Waals surface area contributed by atoms with Crippen molar-refractivity contribution in [3.8, 4) is 11.5 Å². The molecule has 1 N–H and O–H groups in total. The Morgan fingerprint density at radius 1 is 1.20 bits per heavy atom. The van der Waals surface area contributed by atoms with Gasteiger partial charge in [-0.15, -0.1) is 8.78 Å². The summed E-state index contributed by atoms with van der Waals surface area (Å²) in [5, 5.41) is 2.43. The highest BCUT2D eigenvalue weighted by Gasteiger charge is 2.43. The molecule has 0 aliphatic carbocycles. The van der Waals surface area contributed by atoms with Crippen molar-refractivity contribution in [2.75, 3.05) is 5.32 Å². The summed E-state index contributed by atoms with van der Waals surface area (Å²) < 4.78 is 47.6. The summed E-state index contributed by atoms with van der Waals surface area (Å²) in [4.78, 5) is 7.09. The predicted octanol–water partition coefficient (Wildman–Crippen LogP) is 3.33. The quantitative estimate of drug-likeness (QED) is 0.862. The number of hydrogen-bond acceptors (Lipinski definition) is 5. The first kappa shape index (κ1) is 12.8. The number of ether oxygens (including phenoxy) is 2. The maximum Gasteiger partial charge on any atom is 0.586 e. The zero-order valence-corrected chi connectivity index (χ0v) is 10.3. The molecule has 0 fully saturated rings. The second-order valence-corrected chi connectivity index (χ2v) is 4.13. The Hall–Kier alpha value is -2.22. The molecule has 20 heavy (non-hydrogen) atoms. The number of anilines is 2. The largest absolute Gasteiger partial charge is 0.586 e. The van der Waals surface area contributed by atoms with Gasteiger partial charge in [-0.25, -0.2) is 9.37 Å². The predicted molar refractivity (Wildman–Crippen MR) is 62.9 cm³/mol. The lowest BCUT2D eigenvalue weighted by Gasteiger charge is -2.07. The van der Waals surface area contributed by atoms with Crippen molar-refractivity contribution in [3.05, 3.63) is 35.5 Å². The van der Waals surface area contributed by atoms with Crippen LogP contribution in [0.15, 0.2) is 24.4 Å². The minimum absolute atomic E-state index is 0.109. The molecule has 0 spiro atoms. The topological polar surface area (TPSA) is 56.3 Å². The van der Waals surface area contributed by atoms with Gasteiger partial charge in [-0.05, 0) is 23.7 Å². The van der Waals surface area contributed by atoms with Crippen molar-refractivity contribution >= 4 is 23.1 Å². The molecule has 5 nitrogen and oxygen atoms in total. The molecule has 0 saturated heterocycles. The average molecular weight is 304 g/mol. The first-order valence-electron chi connectivity index (χ1n) is 5.28. The molecule has 0 atom stereocenters. The Labute approximate surface area is 115 Å². The lowest BCUT2D eigenvalue weighted by molar-refractivity contribution is -0.286. The molecule has 104 valence electrons. The smallest absolute Gasteiger partial charge is 0.395 e. The van der Waals surface area contributed by atoms with Crippen LogP contribution in [0.25, 0.3) is 0 Å². The maximum atomic E-state index is 13.4. The first-order chi connectivity index (χ1) is 9.43. The number of fused-ring (bicyclic) bond motifs is 1. The number of hydrogen-bond donors (Lipinski definition) is 1. The standard InChI is InChI=1S/C11H5ClF3N3O2/c12-10-16-4-6(13)9(18-10)17-5-1-2-7-8(3-5)20-11(14,15)19-7/h1-4H,(H,16,17,18). The summed E-state index contributed by atoms with van der Waals surface area (Å²) in [6.07, 6.45) is -2.82. The summed E-state index contributed by atoms with van der Waals surface area (Å²) in [5.74, 6) is -1.20. The monoisotopic (exact) mass is 303 g/mol. The molecule has 3 rings (SSSR count). The van der Waals surface area contributed by atoms with Crippen LogP contribution in [0.2, 0.25) is 5.28 Å². The third-order valence-electron chi connectivity index (χ3n) is 2.38. The van der Waals surface area contributed by atoms with Crippen LogP contribution in [0, 0.1) is 5.82 Å². The second-order valence-electron chi connectivity index (χ2n) is 3.79. The van der Waals surface area contributed by atoms with E-state index in [1.165, 1.54) is 18.2 Å². The van der Waals surface area contributed by atoms with E-state index in [2.05, 4.69) is 24.8 Å². The van der Waals surface area contributed by atoms with Crippen molar-refractivity contribution in [1.29, 1.82) is 0 Å². The number of aromatic nitrogens is 2. The Bertz CT molecular complexity index is 684. The van der Waals surface area contributed by atoms with Gasteiger partial charge < -0.3 is 14.8 Å². The van der Waals surface area contributed by atoms with Gasteiger partial charge in [0.1, 0.15) is 0 Å². The molecule has 0 radical (unpaired) electrons. The molecule has 2 aromatic rings. The third kappa shape index (κ3) is 2.42. The van der Waals surface area contributed by atoms with Gasteiger partial charge in [0.05, 0.1) is 6.20 Å². The van der Waals surface area contributed by atoms with E-state index in [1.54, 1.807) is 0 Å². The van der Waals surface area contributed by atoms with Crippen molar-refractivity contribution in [3.63, 3.8) is 0 Å². The number of alkyl halides is 2. The van der Waals surface area contributed by atoms with Crippen LogP contribution in [0.5, 0.6) is 11.5 Å². The molecular formula is C11H5ClF3N3O2. The van der Waals surface area contributed by atoms with Gasteiger partial charge in [0.2, 0.25) is 5.28 Å². The number of rotatable bonds is 2. The van der Waals surface area contributed by atoms with Crippen LogP contribution in [-0.4, -0.2) is 16.3 Å². The molecule has 0 bridgehead atoms. The van der Waals surface area contributed by atoms with Gasteiger partial charge in [-0.2, -0.15) is 4.98 Å². The molecule has 9 heteroatoms. The summed E-state index contributed by atoms with van der Waals surface area (Å²) in [6.45, 7) is 0. The van der Waals surface area contributed by atoms with Gasteiger partial charge in [-0.3, -0.25) is 0 Å². The number of nitrogens with one attached hydrogen (secondary N) is 1. The lowest BCUT2D eigenvalue weighted by atomic mass is 10.3. The second kappa shape index (κ2) is 4.41. The first-order valence-corrected chi connectivity index (χ1v) is 5.66. The van der Waals surface area contributed by atoms with E-state index < -0.39 is 12.1 Å². The SMILES string of the molecule is Fc1cnc(Cl)nc1Nc1ccc2c(c1)OC(F)(F)O2. The zero-order chi connectivity index (χ0) is 14.3. The Morgan fingerprint density at radius 2 is 1.95 bits per heavy atom. The maximum absolute atomic E-state index is 13.4. The molecule has 1 aliphatic rings. The van der Waals surface area contributed by atoms with Crippen molar-refractivity contribution in [1.82, 2.24) is 9.97 Å². The Kier molecular flexibility index (Phi) is 2.82. The molecule has 0 saturated carbocycles. The van der Waals surface area contributed by atoms with Crippen LogP contribution < -0.4 is 14.8 Å². The normalized spacial score (nSPS) is 15.2. The van der Waals surface area contributed by atoms with Crippen LogP contribution in [0.3, 0.4) is 0 Å². The van der Waals surface area contributed by atoms with E-state index in [-0.39, 0.29) is 28.3 Å². The van der Waals surface area contributed by atoms with Crippen LogP contribution in [0.4, 0.5) is 24.7 Å². The molecule has 1 aromatic heterocycles. The summed E-state index contributed by atoms with van der Waals surface area (Å²) in [7, 11) is 0. The fraction of sp³-hybridized carbons (Fsp3) is 0.0909. The number of benzene rings is 1. The fourth-order valence-corrected chi connectivity index (χ4v) is 1.73. The summed E-state index contributed by atoms with van der Waals surface area (Å²) in [6, 6.07) is 3.89. The minimum atomic E-state index is -3.70. The zero-order valence-electron chi connectivity index (χ0n) is 9.53. The van der Waals surface area contributed by atoms with E-state index in [9.17, 15) is 13.2 Å². The van der Waals surface area contributed by atoms with E-state index in [0.717, 1.165) is 6.20 Å². The molecule has 0 amide bonds. The number of halogens is 4. The van der Waals surface area contributed by atoms with Gasteiger partial charge in [0, 0.05) is 11.8 Å². The summed E-state index contributed by atoms with van der Waals surface area (Å²) in [5.41, 5.74) is 0.277. The molecule has 2 heterocycles. The highest BCUT2D eigenvalue weighted by molar-refractivity contribution is 6.28. The molecule has 1 aliphatic heterocycles. The van der Waals surface area contributed by atoms with Crippen molar-refractivity contribution in [2.24, 2.45) is 0 Å². The van der Waals surface area contributed by atoms with E-state index in [0.29, 0.717) is 0 Å².